The average molecular weight is 235 g/mol. The first-order valence-corrected chi connectivity index (χ1v) is 4.73. The third-order valence-electron chi connectivity index (χ3n) is 1.39. The van der Waals surface area contributed by atoms with Crippen LogP contribution in [0, 0.1) is 0 Å². The van der Waals surface area contributed by atoms with E-state index in [4.69, 9.17) is 5.73 Å². The predicted molar refractivity (Wildman–Crippen MR) is 54.0 cm³/mol. The molecule has 0 rings (SSSR count). The van der Waals surface area contributed by atoms with Crippen LogP contribution in [0.1, 0.15) is 19.8 Å². The fourth-order valence-electron chi connectivity index (χ4n) is 0.756. The summed E-state index contributed by atoms with van der Waals surface area (Å²) in [5.41, 5.74) is 5.56. The van der Waals surface area contributed by atoms with Crippen molar-refractivity contribution in [3.63, 3.8) is 0 Å². The molecule has 4 heteroatoms. The number of nitrogens with two attached hydrogens (primary N) is 1. The number of hydrogen-bond donors (Lipinski definition) is 2. The number of amides is 1. The molecule has 0 fully saturated rings. The van der Waals surface area contributed by atoms with Gasteiger partial charge in [-0.05, 0) is 6.42 Å². The van der Waals surface area contributed by atoms with Gasteiger partial charge in [-0.2, -0.15) is 0 Å². The second-order valence-corrected chi connectivity index (χ2v) is 3.75. The van der Waals surface area contributed by atoms with Crippen LogP contribution in [0.25, 0.3) is 0 Å². The van der Waals surface area contributed by atoms with Crippen LogP contribution in [0.4, 0.5) is 0 Å². The molecule has 0 aliphatic rings. The van der Waals surface area contributed by atoms with Gasteiger partial charge in [-0.25, -0.2) is 0 Å². The summed E-state index contributed by atoms with van der Waals surface area (Å²) < 4.78 is 0.750. The van der Waals surface area contributed by atoms with E-state index in [-0.39, 0.29) is 11.9 Å². The topological polar surface area (TPSA) is 55.1 Å². The highest BCUT2D eigenvalue weighted by Gasteiger charge is 2.10. The maximum absolute atomic E-state index is 11.1. The lowest BCUT2D eigenvalue weighted by Gasteiger charge is -2.09. The summed E-state index contributed by atoms with van der Waals surface area (Å²) in [7, 11) is 0. The predicted octanol–water partition coefficient (Wildman–Crippen LogP) is 1.14. The molecule has 0 spiro atoms. The summed E-state index contributed by atoms with van der Waals surface area (Å²) >= 11 is 3.14. The van der Waals surface area contributed by atoms with E-state index in [1.165, 1.54) is 0 Å². The van der Waals surface area contributed by atoms with E-state index in [0.717, 1.165) is 17.3 Å². The third kappa shape index (κ3) is 5.32. The molecule has 0 heterocycles. The van der Waals surface area contributed by atoms with Gasteiger partial charge in [0.15, 0.2) is 0 Å². The van der Waals surface area contributed by atoms with Gasteiger partial charge in [0, 0.05) is 11.0 Å². The summed E-state index contributed by atoms with van der Waals surface area (Å²) in [6.07, 6.45) is 1.64. The number of rotatable bonds is 5. The monoisotopic (exact) mass is 234 g/mol. The Morgan fingerprint density at radius 2 is 2.33 bits per heavy atom. The molecule has 0 radical (unpaired) electrons. The first-order valence-electron chi connectivity index (χ1n) is 3.94. The summed E-state index contributed by atoms with van der Waals surface area (Å²) in [6.45, 7) is 6.03. The van der Waals surface area contributed by atoms with Gasteiger partial charge in [-0.3, -0.25) is 4.79 Å². The maximum atomic E-state index is 11.1. The zero-order valence-electron chi connectivity index (χ0n) is 7.27. The highest BCUT2D eigenvalue weighted by atomic mass is 79.9. The standard InChI is InChI=1S/C8H15BrN2O/c1-3-4-7(10)8(12)11-5-6(2)9/h7H,2-5,10H2,1H3,(H,11,12). The molecule has 0 saturated heterocycles. The van der Waals surface area contributed by atoms with Crippen molar-refractivity contribution >= 4 is 21.8 Å². The fourth-order valence-corrected chi connectivity index (χ4v) is 0.896. The van der Waals surface area contributed by atoms with Gasteiger partial charge in [-0.1, -0.05) is 35.9 Å². The minimum absolute atomic E-state index is 0.113. The second-order valence-electron chi connectivity index (χ2n) is 2.63. The maximum Gasteiger partial charge on any atom is 0.237 e. The lowest BCUT2D eigenvalue weighted by molar-refractivity contribution is -0.122. The van der Waals surface area contributed by atoms with Crippen molar-refractivity contribution in [3.8, 4) is 0 Å². The van der Waals surface area contributed by atoms with Gasteiger partial charge >= 0.3 is 0 Å². The number of hydrogen-bond acceptors (Lipinski definition) is 2. The first kappa shape index (κ1) is 11.6. The van der Waals surface area contributed by atoms with Crippen LogP contribution in [0.3, 0.4) is 0 Å². The molecule has 0 aliphatic heterocycles. The van der Waals surface area contributed by atoms with Crippen molar-refractivity contribution in [2.24, 2.45) is 5.73 Å². The summed E-state index contributed by atoms with van der Waals surface area (Å²) in [5, 5.41) is 2.66. The van der Waals surface area contributed by atoms with E-state index in [9.17, 15) is 4.79 Å². The highest BCUT2D eigenvalue weighted by molar-refractivity contribution is 9.11. The summed E-state index contributed by atoms with van der Waals surface area (Å²) in [5.74, 6) is -0.113. The number of carbonyl (C=O) groups excluding carboxylic acids is 1. The van der Waals surface area contributed by atoms with Crippen LogP contribution in [-0.2, 0) is 4.79 Å². The molecular formula is C8H15BrN2O. The molecule has 1 amide bonds. The van der Waals surface area contributed by atoms with Crippen molar-refractivity contribution in [2.75, 3.05) is 6.54 Å². The zero-order valence-corrected chi connectivity index (χ0v) is 8.86. The zero-order chi connectivity index (χ0) is 9.56. The van der Waals surface area contributed by atoms with E-state index < -0.39 is 0 Å². The molecule has 1 atom stereocenters. The van der Waals surface area contributed by atoms with Gasteiger partial charge in [0.1, 0.15) is 0 Å². The lowest BCUT2D eigenvalue weighted by atomic mass is 10.2. The van der Waals surface area contributed by atoms with Gasteiger partial charge in [0.2, 0.25) is 5.91 Å². The van der Waals surface area contributed by atoms with Crippen LogP contribution >= 0.6 is 15.9 Å². The smallest absolute Gasteiger partial charge is 0.237 e. The average Bonchev–Trinajstić information content (AvgIpc) is 2.00. The summed E-state index contributed by atoms with van der Waals surface area (Å²) in [4.78, 5) is 11.1. The van der Waals surface area contributed by atoms with E-state index in [0.29, 0.717) is 6.54 Å². The van der Waals surface area contributed by atoms with Crippen molar-refractivity contribution in [1.82, 2.24) is 5.32 Å². The lowest BCUT2D eigenvalue weighted by Crippen LogP contribution is -2.40. The van der Waals surface area contributed by atoms with Gasteiger partial charge in [0.05, 0.1) is 6.04 Å². The van der Waals surface area contributed by atoms with Crippen LogP contribution in [0.5, 0.6) is 0 Å². The largest absolute Gasteiger partial charge is 0.350 e. The molecule has 0 aromatic heterocycles. The second kappa shape index (κ2) is 6.20. The molecular weight excluding hydrogens is 220 g/mol. The van der Waals surface area contributed by atoms with Gasteiger partial charge in [-0.15, -0.1) is 0 Å². The van der Waals surface area contributed by atoms with E-state index in [2.05, 4.69) is 27.8 Å². The molecule has 3 N–H and O–H groups in total. The van der Waals surface area contributed by atoms with Crippen molar-refractivity contribution in [1.29, 1.82) is 0 Å². The fraction of sp³-hybridized carbons (Fsp3) is 0.625. The van der Waals surface area contributed by atoms with Crippen molar-refractivity contribution in [2.45, 2.75) is 25.8 Å². The van der Waals surface area contributed by atoms with E-state index in [1.807, 2.05) is 6.92 Å². The van der Waals surface area contributed by atoms with Gasteiger partial charge in [0.25, 0.3) is 0 Å². The molecule has 1 unspecified atom stereocenters. The van der Waals surface area contributed by atoms with Crippen LogP contribution in [0.2, 0.25) is 0 Å². The molecule has 0 bridgehead atoms. The number of nitrogens with one attached hydrogen (secondary N) is 1. The Kier molecular flexibility index (Phi) is 6.02. The first-order chi connectivity index (χ1) is 5.57. The van der Waals surface area contributed by atoms with E-state index >= 15 is 0 Å². The van der Waals surface area contributed by atoms with Crippen LogP contribution < -0.4 is 11.1 Å². The van der Waals surface area contributed by atoms with E-state index in [1.54, 1.807) is 0 Å². The Morgan fingerprint density at radius 1 is 1.75 bits per heavy atom. The highest BCUT2D eigenvalue weighted by Crippen LogP contribution is 1.98. The minimum atomic E-state index is -0.387. The Balaban J connectivity index is 3.64. The molecule has 12 heavy (non-hydrogen) atoms. The third-order valence-corrected chi connectivity index (χ3v) is 1.67. The number of carbonyl (C=O) groups is 1. The molecule has 0 aromatic rings. The van der Waals surface area contributed by atoms with Gasteiger partial charge < -0.3 is 11.1 Å². The van der Waals surface area contributed by atoms with Crippen molar-refractivity contribution in [3.05, 3.63) is 11.1 Å². The SMILES string of the molecule is C=C(Br)CNC(=O)C(N)CCC. The molecule has 0 saturated carbocycles. The van der Waals surface area contributed by atoms with Crippen molar-refractivity contribution < 1.29 is 4.79 Å². The molecule has 0 aliphatic carbocycles. The summed E-state index contributed by atoms with van der Waals surface area (Å²) in [6, 6.07) is -0.387. The quantitative estimate of drug-likeness (QED) is 0.750. The normalized spacial score (nSPS) is 12.2. The Morgan fingerprint density at radius 3 is 2.75 bits per heavy atom. The number of halogens is 1. The minimum Gasteiger partial charge on any atom is -0.350 e. The van der Waals surface area contributed by atoms with Crippen LogP contribution in [0.15, 0.2) is 11.1 Å². The molecule has 3 nitrogen and oxygen atoms in total. The Hall–Kier alpha value is -0.350. The Labute approximate surface area is 81.5 Å². The molecule has 0 aromatic carbocycles. The Bertz CT molecular complexity index is 170. The van der Waals surface area contributed by atoms with Crippen LogP contribution in [-0.4, -0.2) is 18.5 Å². The molecule has 70 valence electrons.